The number of carbonyl (C=O) groups excluding carboxylic acids is 1. The number of hydrogen-bond acceptors (Lipinski definition) is 6. The number of nitrogens with one attached hydrogen (secondary N) is 1. The summed E-state index contributed by atoms with van der Waals surface area (Å²) in [5, 5.41) is 5.38. The van der Waals surface area contributed by atoms with Crippen LogP contribution in [0.2, 0.25) is 0 Å². The van der Waals surface area contributed by atoms with Crippen LogP contribution < -0.4 is 10.1 Å². The van der Waals surface area contributed by atoms with Crippen LogP contribution in [-0.4, -0.2) is 73.7 Å². The average molecular weight is 548 g/mol. The van der Waals surface area contributed by atoms with Gasteiger partial charge in [0.05, 0.1) is 18.2 Å². The van der Waals surface area contributed by atoms with Crippen molar-refractivity contribution in [1.82, 2.24) is 15.1 Å². The van der Waals surface area contributed by atoms with E-state index in [2.05, 4.69) is 58.9 Å². The Labute approximate surface area is 236 Å². The maximum atomic E-state index is 13.2. The Balaban J connectivity index is 1.17. The number of nitrogens with zero attached hydrogens (tertiary/aromatic N) is 2. The van der Waals surface area contributed by atoms with E-state index in [-0.39, 0.29) is 23.7 Å². The summed E-state index contributed by atoms with van der Waals surface area (Å²) >= 11 is 1.76. The van der Waals surface area contributed by atoms with Gasteiger partial charge in [0.2, 0.25) is 0 Å². The summed E-state index contributed by atoms with van der Waals surface area (Å²) < 4.78 is 13.1. The molecule has 2 atom stereocenters. The van der Waals surface area contributed by atoms with E-state index in [1.54, 1.807) is 11.3 Å². The van der Waals surface area contributed by atoms with Gasteiger partial charge in [-0.1, -0.05) is 42.5 Å². The van der Waals surface area contributed by atoms with Gasteiger partial charge < -0.3 is 24.6 Å². The number of morpholine rings is 1. The zero-order valence-electron chi connectivity index (χ0n) is 23.2. The van der Waals surface area contributed by atoms with Gasteiger partial charge in [-0.3, -0.25) is 4.79 Å². The summed E-state index contributed by atoms with van der Waals surface area (Å²) in [4.78, 5) is 19.0. The van der Waals surface area contributed by atoms with Gasteiger partial charge in [-0.05, 0) is 75.0 Å². The molecule has 0 radical (unpaired) electrons. The molecule has 3 heterocycles. The first-order valence-electron chi connectivity index (χ1n) is 14.2. The van der Waals surface area contributed by atoms with Gasteiger partial charge >= 0.3 is 0 Å². The van der Waals surface area contributed by atoms with Gasteiger partial charge in [-0.2, -0.15) is 0 Å². The minimum atomic E-state index is -0.249. The summed E-state index contributed by atoms with van der Waals surface area (Å²) in [5.74, 6) is 1.10. The maximum Gasteiger partial charge on any atom is 0.254 e. The Hall–Kier alpha value is -2.71. The normalized spacial score (nSPS) is 20.2. The third-order valence-electron chi connectivity index (χ3n) is 7.94. The highest BCUT2D eigenvalue weighted by Crippen LogP contribution is 2.34. The lowest BCUT2D eigenvalue weighted by Crippen LogP contribution is -2.60. The van der Waals surface area contributed by atoms with Crippen LogP contribution in [0, 0.1) is 0 Å². The van der Waals surface area contributed by atoms with E-state index in [0.717, 1.165) is 63.2 Å². The van der Waals surface area contributed by atoms with E-state index in [1.807, 2.05) is 42.3 Å². The SMILES string of the molecule is CNCC[C@@H](Oc1ccccc1CCN1CCC2(CC1)CN(C(=O)c1ccccc1)C[C@@H](C)O2)c1cccs1. The molecule has 0 saturated carbocycles. The molecular weight excluding hydrogens is 506 g/mol. The molecule has 2 fully saturated rings. The van der Waals surface area contributed by atoms with Crippen LogP contribution in [0.5, 0.6) is 5.75 Å². The van der Waals surface area contributed by atoms with E-state index in [4.69, 9.17) is 9.47 Å². The van der Waals surface area contributed by atoms with Gasteiger partial charge in [-0.25, -0.2) is 0 Å². The number of amides is 1. The van der Waals surface area contributed by atoms with Crippen molar-refractivity contribution in [3.05, 3.63) is 88.1 Å². The summed E-state index contributed by atoms with van der Waals surface area (Å²) in [6.07, 6.45) is 3.86. The van der Waals surface area contributed by atoms with Crippen LogP contribution in [0.4, 0.5) is 0 Å². The van der Waals surface area contributed by atoms with Crippen molar-refractivity contribution in [1.29, 1.82) is 0 Å². The van der Waals surface area contributed by atoms with Crippen molar-refractivity contribution in [2.24, 2.45) is 0 Å². The third kappa shape index (κ3) is 7.09. The maximum absolute atomic E-state index is 13.2. The van der Waals surface area contributed by atoms with E-state index in [1.165, 1.54) is 10.4 Å². The highest BCUT2D eigenvalue weighted by molar-refractivity contribution is 7.10. The molecule has 0 unspecified atom stereocenters. The molecule has 2 aromatic carbocycles. The number of carbonyl (C=O) groups is 1. The Kier molecular flexibility index (Phi) is 9.35. The summed E-state index contributed by atoms with van der Waals surface area (Å²) in [7, 11) is 1.99. The van der Waals surface area contributed by atoms with Crippen molar-refractivity contribution >= 4 is 17.2 Å². The zero-order valence-corrected chi connectivity index (χ0v) is 24.0. The molecule has 1 spiro atoms. The minimum Gasteiger partial charge on any atom is -0.485 e. The zero-order chi connectivity index (χ0) is 27.1. The number of thiophene rings is 1. The van der Waals surface area contributed by atoms with Crippen LogP contribution in [0.1, 0.15) is 53.1 Å². The van der Waals surface area contributed by atoms with Gasteiger partial charge in [0.15, 0.2) is 0 Å². The minimum absolute atomic E-state index is 0.0428. The number of hydrogen-bond donors (Lipinski definition) is 1. The molecule has 1 N–H and O–H groups in total. The van der Waals surface area contributed by atoms with Crippen molar-refractivity contribution < 1.29 is 14.3 Å². The predicted molar refractivity (Wildman–Crippen MR) is 158 cm³/mol. The smallest absolute Gasteiger partial charge is 0.254 e. The largest absolute Gasteiger partial charge is 0.485 e. The van der Waals surface area contributed by atoms with Crippen molar-refractivity contribution in [2.75, 3.05) is 46.3 Å². The molecule has 1 amide bonds. The van der Waals surface area contributed by atoms with Crippen molar-refractivity contribution in [3.8, 4) is 5.75 Å². The summed E-state index contributed by atoms with van der Waals surface area (Å²) in [5.41, 5.74) is 1.76. The van der Waals surface area contributed by atoms with Crippen LogP contribution in [0.15, 0.2) is 72.1 Å². The number of likely N-dealkylation sites (tertiary alicyclic amines) is 1. The topological polar surface area (TPSA) is 54.0 Å². The van der Waals surface area contributed by atoms with Gasteiger partial charge in [0.1, 0.15) is 11.9 Å². The molecule has 2 aliphatic rings. The first-order chi connectivity index (χ1) is 19.0. The molecule has 6 nitrogen and oxygen atoms in total. The predicted octanol–water partition coefficient (Wildman–Crippen LogP) is 5.42. The Morgan fingerprint density at radius 2 is 1.87 bits per heavy atom. The summed E-state index contributed by atoms with van der Waals surface area (Å²) in [6.45, 7) is 7.26. The second kappa shape index (κ2) is 13.1. The van der Waals surface area contributed by atoms with Crippen molar-refractivity contribution in [2.45, 2.75) is 50.4 Å². The number of para-hydroxylation sites is 1. The van der Waals surface area contributed by atoms with E-state index >= 15 is 0 Å². The van der Waals surface area contributed by atoms with E-state index in [9.17, 15) is 4.79 Å². The first kappa shape index (κ1) is 27.8. The second-order valence-electron chi connectivity index (χ2n) is 10.9. The van der Waals surface area contributed by atoms with Gasteiger partial charge in [-0.15, -0.1) is 11.3 Å². The Morgan fingerprint density at radius 1 is 1.10 bits per heavy atom. The average Bonchev–Trinajstić information content (AvgIpc) is 3.50. The second-order valence-corrected chi connectivity index (χ2v) is 11.9. The molecule has 39 heavy (non-hydrogen) atoms. The quantitative estimate of drug-likeness (QED) is 0.368. The highest BCUT2D eigenvalue weighted by Gasteiger charge is 2.43. The lowest BCUT2D eigenvalue weighted by atomic mass is 9.88. The number of ether oxygens (including phenoxy) is 2. The van der Waals surface area contributed by atoms with Gasteiger partial charge in [0, 0.05) is 43.0 Å². The molecule has 3 aromatic rings. The molecule has 208 valence electrons. The number of benzene rings is 2. The van der Waals surface area contributed by atoms with E-state index < -0.39 is 0 Å². The molecule has 1 aromatic heterocycles. The molecule has 0 aliphatic carbocycles. The fourth-order valence-electron chi connectivity index (χ4n) is 5.87. The standard InChI is InChI=1S/C32H41N3O3S/c1-25-23-35(31(36)27-10-4-3-5-11-27)24-32(38-25)16-20-34(21-17-32)19-15-26-9-6-7-12-28(26)37-29(14-18-33-2)30-13-8-22-39-30/h3-13,22,25,29,33H,14-21,23-24H2,1-2H3/t25-,29-/m1/s1. The molecular formula is C32H41N3O3S. The highest BCUT2D eigenvalue weighted by atomic mass is 32.1. The fourth-order valence-corrected chi connectivity index (χ4v) is 6.66. The Morgan fingerprint density at radius 3 is 2.62 bits per heavy atom. The molecule has 5 rings (SSSR count). The van der Waals surface area contributed by atoms with Crippen molar-refractivity contribution in [3.63, 3.8) is 0 Å². The molecule has 2 saturated heterocycles. The molecule has 7 heteroatoms. The van der Waals surface area contributed by atoms with Crippen LogP contribution in [0.25, 0.3) is 0 Å². The lowest BCUT2D eigenvalue weighted by Gasteiger charge is -2.49. The number of piperidine rings is 1. The Bertz CT molecular complexity index is 1180. The summed E-state index contributed by atoms with van der Waals surface area (Å²) in [6, 6.07) is 22.4. The van der Waals surface area contributed by atoms with Gasteiger partial charge in [0.25, 0.3) is 5.91 Å². The monoisotopic (exact) mass is 547 g/mol. The van der Waals surface area contributed by atoms with Crippen LogP contribution >= 0.6 is 11.3 Å². The third-order valence-corrected chi connectivity index (χ3v) is 8.90. The van der Waals surface area contributed by atoms with Crippen LogP contribution in [-0.2, 0) is 11.2 Å². The van der Waals surface area contributed by atoms with E-state index in [0.29, 0.717) is 13.1 Å². The number of rotatable bonds is 10. The molecule has 2 aliphatic heterocycles. The fraction of sp³-hybridized carbons (Fsp3) is 0.469. The lowest BCUT2D eigenvalue weighted by molar-refractivity contribution is -0.161. The van der Waals surface area contributed by atoms with Crippen LogP contribution in [0.3, 0.4) is 0 Å². The molecule has 0 bridgehead atoms. The first-order valence-corrected chi connectivity index (χ1v) is 15.1.